The van der Waals surface area contributed by atoms with Gasteiger partial charge in [0.25, 0.3) is 0 Å². The number of aromatic carboxylic acids is 1. The first-order valence-electron chi connectivity index (χ1n) is 22.6. The Labute approximate surface area is 376 Å². The van der Waals surface area contributed by atoms with Gasteiger partial charge in [0.1, 0.15) is 17.6 Å². The van der Waals surface area contributed by atoms with Crippen molar-refractivity contribution in [1.82, 2.24) is 0 Å². The van der Waals surface area contributed by atoms with E-state index in [1.165, 1.54) is 0 Å². The highest BCUT2D eigenvalue weighted by Crippen LogP contribution is 2.37. The Morgan fingerprint density at radius 1 is 0.857 bits per heavy atom. The summed E-state index contributed by atoms with van der Waals surface area (Å²) in [6.45, 7) is 28.3. The zero-order chi connectivity index (χ0) is 46.8. The first kappa shape index (κ1) is 51.4. The molecule has 63 heavy (non-hydrogen) atoms. The van der Waals surface area contributed by atoms with E-state index in [4.69, 9.17) is 33.2 Å². The number of carboxylic acid groups (broad SMARTS) is 1. The minimum absolute atomic E-state index is 0.0418. The van der Waals surface area contributed by atoms with Crippen LogP contribution in [0.1, 0.15) is 139 Å². The summed E-state index contributed by atoms with van der Waals surface area (Å²) < 4.78 is 41.9. The van der Waals surface area contributed by atoms with Gasteiger partial charge >= 0.3 is 11.9 Å². The molecule has 10 atom stereocenters. The monoisotopic (exact) mass is 875 g/mol. The number of rotatable bonds is 12. The van der Waals surface area contributed by atoms with Crippen LogP contribution in [0.3, 0.4) is 0 Å². The van der Waals surface area contributed by atoms with Crippen molar-refractivity contribution in [2.24, 2.45) is 23.7 Å². The molecular weight excluding hydrogens is 801 g/mol. The molecule has 0 spiro atoms. The predicted molar refractivity (Wildman–Crippen MR) is 248 cm³/mol. The summed E-state index contributed by atoms with van der Waals surface area (Å²) in [4.78, 5) is 24.9. The number of aliphatic hydroxyl groups excluding tert-OH is 1. The smallest absolute Gasteiger partial charge is 0.339 e. The Morgan fingerprint density at radius 3 is 2.11 bits per heavy atom. The number of ether oxygens (including phenoxy) is 7. The molecule has 0 bridgehead atoms. The standard InChI is InChI=1S/C26H38O6.C26H36O5/c1-8-30-21-14-18(4)23(25(28)29)20(15-21)10-9-11-22-24(32-26(6,7)31-22)17(3)13-12-16(2)19(5)27;1-8-28-21-14-18(4)23-20(15-21)10-9-11-22-24(31-26(6,7)30-22)17(3)13-12-16(2)19(5)29-25(23)27/h9-10,12-17,19,22,24,27H,8,11H2,1-7H3,(H,28,29);9-10,12-17,19,22,24H,8,11H2,1-7H3/b2*10-9+,13-12-/t16-,17?,19-,22+,24-;16-,17?,19+,22+,24-/m11/s1. The third-order valence-electron chi connectivity index (χ3n) is 11.8. The predicted octanol–water partition coefficient (Wildman–Crippen LogP) is 10.9. The van der Waals surface area contributed by atoms with Crippen molar-refractivity contribution >= 4 is 24.1 Å². The van der Waals surface area contributed by atoms with Crippen molar-refractivity contribution in [2.75, 3.05) is 13.2 Å². The topological polar surface area (TPSA) is 139 Å². The second kappa shape index (κ2) is 22.6. The molecule has 3 aliphatic rings. The Kier molecular flexibility index (Phi) is 18.4. The number of hydrogen-bond donors (Lipinski definition) is 2. The maximum absolute atomic E-state index is 13.1. The first-order chi connectivity index (χ1) is 29.6. The fourth-order valence-corrected chi connectivity index (χ4v) is 8.11. The summed E-state index contributed by atoms with van der Waals surface area (Å²) in [7, 11) is 0. The molecule has 2 aromatic carbocycles. The molecule has 3 aliphatic heterocycles. The summed E-state index contributed by atoms with van der Waals surface area (Å²) in [6.07, 6.45) is 16.3. The summed E-state index contributed by atoms with van der Waals surface area (Å²) in [5.74, 6) is -0.788. The van der Waals surface area contributed by atoms with Gasteiger partial charge in [-0.2, -0.15) is 0 Å². The van der Waals surface area contributed by atoms with E-state index in [2.05, 4.69) is 45.1 Å². The van der Waals surface area contributed by atoms with Crippen LogP contribution < -0.4 is 9.47 Å². The molecular formula is C52H74O11. The summed E-state index contributed by atoms with van der Waals surface area (Å²) in [5.41, 5.74) is 3.75. The molecule has 2 unspecified atom stereocenters. The molecule has 0 aliphatic carbocycles. The van der Waals surface area contributed by atoms with E-state index in [0.29, 0.717) is 48.5 Å². The number of cyclic esters (lactones) is 1. The highest BCUT2D eigenvalue weighted by Gasteiger charge is 2.43. The molecule has 11 nitrogen and oxygen atoms in total. The van der Waals surface area contributed by atoms with E-state index in [0.717, 1.165) is 16.9 Å². The minimum atomic E-state index is -0.962. The highest BCUT2D eigenvalue weighted by molar-refractivity contribution is 5.96. The van der Waals surface area contributed by atoms with Crippen LogP contribution in [-0.4, -0.2) is 83.6 Å². The second-order valence-electron chi connectivity index (χ2n) is 18.2. The molecule has 2 fully saturated rings. The van der Waals surface area contributed by atoms with Gasteiger partial charge in [0.05, 0.1) is 54.9 Å². The Morgan fingerprint density at radius 2 is 1.48 bits per heavy atom. The van der Waals surface area contributed by atoms with E-state index in [-0.39, 0.29) is 65.7 Å². The fraction of sp³-hybridized carbons (Fsp3) is 0.577. The number of aryl methyl sites for hydroxylation is 2. The molecule has 5 rings (SSSR count). The van der Waals surface area contributed by atoms with Crippen molar-refractivity contribution in [3.63, 3.8) is 0 Å². The Hall–Kier alpha value is -4.26. The van der Waals surface area contributed by atoms with Gasteiger partial charge in [-0.15, -0.1) is 0 Å². The molecule has 2 saturated heterocycles. The lowest BCUT2D eigenvalue weighted by atomic mass is 9.94. The van der Waals surface area contributed by atoms with Gasteiger partial charge in [0.15, 0.2) is 11.6 Å². The highest BCUT2D eigenvalue weighted by atomic mass is 16.8. The fourth-order valence-electron chi connectivity index (χ4n) is 8.11. The number of aliphatic hydroxyl groups is 1. The average molecular weight is 875 g/mol. The van der Waals surface area contributed by atoms with Crippen LogP contribution in [0.2, 0.25) is 0 Å². The van der Waals surface area contributed by atoms with Crippen LogP contribution in [0.15, 0.2) is 60.7 Å². The molecule has 11 heteroatoms. The van der Waals surface area contributed by atoms with Crippen LogP contribution in [-0.2, 0) is 23.7 Å². The number of fused-ring (bicyclic) bond motifs is 2. The van der Waals surface area contributed by atoms with Gasteiger partial charge in [-0.25, -0.2) is 9.59 Å². The van der Waals surface area contributed by atoms with Crippen molar-refractivity contribution < 1.29 is 53.0 Å². The Balaban J connectivity index is 0.000000277. The average Bonchev–Trinajstić information content (AvgIpc) is 3.68. The van der Waals surface area contributed by atoms with Crippen molar-refractivity contribution in [2.45, 2.75) is 158 Å². The number of benzene rings is 2. The zero-order valence-electron chi connectivity index (χ0n) is 40.1. The number of esters is 1. The lowest BCUT2D eigenvalue weighted by molar-refractivity contribution is -0.148. The molecule has 2 N–H and O–H groups in total. The van der Waals surface area contributed by atoms with Gasteiger partial charge in [-0.05, 0) is 135 Å². The maximum Gasteiger partial charge on any atom is 0.339 e. The molecule has 3 heterocycles. The quantitative estimate of drug-likeness (QED) is 0.156. The molecule has 0 saturated carbocycles. The summed E-state index contributed by atoms with van der Waals surface area (Å²) in [5, 5.41) is 19.4. The van der Waals surface area contributed by atoms with Crippen molar-refractivity contribution in [3.05, 3.63) is 94.1 Å². The molecule has 2 aromatic rings. The number of hydrogen-bond acceptors (Lipinski definition) is 10. The lowest BCUT2D eigenvalue weighted by Crippen LogP contribution is -2.29. The third-order valence-corrected chi connectivity index (χ3v) is 11.8. The van der Waals surface area contributed by atoms with E-state index < -0.39 is 23.6 Å². The van der Waals surface area contributed by atoms with Gasteiger partial charge in [0.2, 0.25) is 0 Å². The van der Waals surface area contributed by atoms with Crippen LogP contribution in [0.4, 0.5) is 0 Å². The maximum atomic E-state index is 13.1. The normalized spacial score (nSPS) is 28.1. The molecule has 0 radical (unpaired) electrons. The van der Waals surface area contributed by atoms with Crippen LogP contribution in [0.5, 0.6) is 11.5 Å². The molecule has 348 valence electrons. The number of carboxylic acids is 1. The van der Waals surface area contributed by atoms with Crippen LogP contribution in [0, 0.1) is 37.5 Å². The van der Waals surface area contributed by atoms with E-state index in [9.17, 15) is 19.8 Å². The van der Waals surface area contributed by atoms with Crippen molar-refractivity contribution in [3.8, 4) is 11.5 Å². The van der Waals surface area contributed by atoms with Gasteiger partial charge in [0, 0.05) is 17.8 Å². The minimum Gasteiger partial charge on any atom is -0.494 e. The van der Waals surface area contributed by atoms with E-state index >= 15 is 0 Å². The second-order valence-corrected chi connectivity index (χ2v) is 18.2. The van der Waals surface area contributed by atoms with Crippen LogP contribution in [0.25, 0.3) is 12.2 Å². The van der Waals surface area contributed by atoms with Gasteiger partial charge in [-0.3, -0.25) is 0 Å². The van der Waals surface area contributed by atoms with Crippen molar-refractivity contribution in [1.29, 1.82) is 0 Å². The van der Waals surface area contributed by atoms with E-state index in [1.807, 2.05) is 98.8 Å². The first-order valence-corrected chi connectivity index (χ1v) is 22.6. The molecule has 0 aromatic heterocycles. The van der Waals surface area contributed by atoms with E-state index in [1.54, 1.807) is 26.0 Å². The summed E-state index contributed by atoms with van der Waals surface area (Å²) >= 11 is 0. The van der Waals surface area contributed by atoms with Gasteiger partial charge < -0.3 is 43.4 Å². The number of carbonyl (C=O) groups is 2. The number of carbonyl (C=O) groups excluding carboxylic acids is 1. The third kappa shape index (κ3) is 14.4. The largest absolute Gasteiger partial charge is 0.494 e. The van der Waals surface area contributed by atoms with Crippen LogP contribution >= 0.6 is 0 Å². The summed E-state index contributed by atoms with van der Waals surface area (Å²) in [6, 6.07) is 7.30. The molecule has 0 amide bonds. The lowest BCUT2D eigenvalue weighted by Gasteiger charge is -2.23. The SMILES string of the molecule is CCOc1cc(C)c(C(=O)O)c(/C=C/C[C@@H]2OC(C)(C)O[C@@H]2C(C)/C=C\[C@@H](C)[C@@H](C)O)c1.CCOc1cc(C)c2c(c1)/C=C/C[C@@H]1OC(C)(C)O[C@@H]1C(C)/C=C\[C@@H](C)[C@H](C)OC2=O. The Bertz CT molecular complexity index is 1970. The zero-order valence-corrected chi connectivity index (χ0v) is 40.1. The van der Waals surface area contributed by atoms with Gasteiger partial charge in [-0.1, -0.05) is 76.3 Å².